The van der Waals surface area contributed by atoms with Gasteiger partial charge in [0.25, 0.3) is 11.8 Å². The van der Waals surface area contributed by atoms with Crippen molar-refractivity contribution in [2.75, 3.05) is 13.2 Å². The average Bonchev–Trinajstić information content (AvgIpc) is 3.39. The maximum absolute atomic E-state index is 12.7. The number of carbonyl (C=O) groups excluding carboxylic acids is 2. The van der Waals surface area contributed by atoms with Gasteiger partial charge in [-0.05, 0) is 44.2 Å². The highest BCUT2D eigenvalue weighted by molar-refractivity contribution is 5.97. The lowest BCUT2D eigenvalue weighted by molar-refractivity contribution is 0.0845. The van der Waals surface area contributed by atoms with Crippen molar-refractivity contribution < 1.29 is 14.3 Å². The van der Waals surface area contributed by atoms with E-state index >= 15 is 0 Å². The van der Waals surface area contributed by atoms with Crippen molar-refractivity contribution in [1.29, 1.82) is 0 Å². The second-order valence-electron chi connectivity index (χ2n) is 7.19. The van der Waals surface area contributed by atoms with Gasteiger partial charge in [-0.25, -0.2) is 4.98 Å². The summed E-state index contributed by atoms with van der Waals surface area (Å²) < 4.78 is 7.45. The molecule has 4 rings (SSSR count). The van der Waals surface area contributed by atoms with Crippen LogP contribution in [0.4, 0.5) is 0 Å². The quantitative estimate of drug-likeness (QED) is 0.787. The number of nitrogens with zero attached hydrogens (tertiary/aromatic N) is 3. The van der Waals surface area contributed by atoms with Gasteiger partial charge in [0.2, 0.25) is 0 Å². The molecule has 0 aliphatic carbocycles. The van der Waals surface area contributed by atoms with Gasteiger partial charge in [0, 0.05) is 25.9 Å². The first kappa shape index (κ1) is 18.6. The molecule has 2 aliphatic rings. The molecule has 1 saturated heterocycles. The van der Waals surface area contributed by atoms with E-state index in [9.17, 15) is 9.59 Å². The predicted molar refractivity (Wildman–Crippen MR) is 102 cm³/mol. The Morgan fingerprint density at radius 2 is 2.11 bits per heavy atom. The smallest absolute Gasteiger partial charge is 0.287 e. The number of hydrogen-bond donors (Lipinski definition) is 2. The predicted octanol–water partition coefficient (Wildman–Crippen LogP) is 1.45. The number of pyridine rings is 1. The Morgan fingerprint density at radius 1 is 1.18 bits per heavy atom. The molecule has 8 nitrogen and oxygen atoms in total. The highest BCUT2D eigenvalue weighted by Crippen LogP contribution is 2.21. The third-order valence-corrected chi connectivity index (χ3v) is 5.21. The van der Waals surface area contributed by atoms with Gasteiger partial charge in [0.15, 0.2) is 5.82 Å². The summed E-state index contributed by atoms with van der Waals surface area (Å²) in [5.41, 5.74) is 1.96. The van der Waals surface area contributed by atoms with Gasteiger partial charge in [0.1, 0.15) is 5.69 Å². The Balaban J connectivity index is 1.47. The standard InChI is InChI=1S/C20H25N5O3/c26-19(22-12-14-6-1-3-9-21-14)17-16-8-2-4-10-25(16)18(24-17)20(27)23-13-15-7-5-11-28-15/h1,3,6,9,15H,2,4-5,7-8,10-13H2,(H,22,26)(H,23,27). The van der Waals surface area contributed by atoms with Crippen LogP contribution in [0.3, 0.4) is 0 Å². The zero-order chi connectivity index (χ0) is 19.3. The van der Waals surface area contributed by atoms with Gasteiger partial charge in [0.05, 0.1) is 24.0 Å². The van der Waals surface area contributed by atoms with E-state index < -0.39 is 0 Å². The molecule has 4 heterocycles. The number of carbonyl (C=O) groups is 2. The van der Waals surface area contributed by atoms with Gasteiger partial charge in [-0.3, -0.25) is 14.6 Å². The fraction of sp³-hybridized carbons (Fsp3) is 0.500. The summed E-state index contributed by atoms with van der Waals surface area (Å²) >= 11 is 0. The molecule has 1 fully saturated rings. The van der Waals surface area contributed by atoms with Crippen LogP contribution in [0.2, 0.25) is 0 Å². The number of ether oxygens (including phenoxy) is 1. The van der Waals surface area contributed by atoms with E-state index in [1.54, 1.807) is 6.20 Å². The second kappa shape index (κ2) is 8.52. The highest BCUT2D eigenvalue weighted by atomic mass is 16.5. The molecule has 148 valence electrons. The first-order chi connectivity index (χ1) is 13.7. The van der Waals surface area contributed by atoms with Crippen LogP contribution in [0.15, 0.2) is 24.4 Å². The number of hydrogen-bond acceptors (Lipinski definition) is 5. The van der Waals surface area contributed by atoms with Crippen molar-refractivity contribution in [2.24, 2.45) is 0 Å². The number of nitrogens with one attached hydrogen (secondary N) is 2. The molecule has 2 N–H and O–H groups in total. The van der Waals surface area contributed by atoms with Crippen LogP contribution < -0.4 is 10.6 Å². The zero-order valence-electron chi connectivity index (χ0n) is 15.8. The summed E-state index contributed by atoms with van der Waals surface area (Å²) in [6.07, 6.45) is 6.46. The van der Waals surface area contributed by atoms with E-state index in [1.165, 1.54) is 0 Å². The molecule has 8 heteroatoms. The van der Waals surface area contributed by atoms with Gasteiger partial charge >= 0.3 is 0 Å². The largest absolute Gasteiger partial charge is 0.376 e. The minimum Gasteiger partial charge on any atom is -0.376 e. The van der Waals surface area contributed by atoms with Crippen molar-refractivity contribution in [3.05, 3.63) is 47.3 Å². The molecule has 2 aliphatic heterocycles. The van der Waals surface area contributed by atoms with E-state index in [0.717, 1.165) is 50.1 Å². The van der Waals surface area contributed by atoms with Crippen LogP contribution in [-0.2, 0) is 24.2 Å². The molecular formula is C20H25N5O3. The Morgan fingerprint density at radius 3 is 2.89 bits per heavy atom. The second-order valence-corrected chi connectivity index (χ2v) is 7.19. The van der Waals surface area contributed by atoms with E-state index in [0.29, 0.717) is 31.2 Å². The van der Waals surface area contributed by atoms with E-state index in [-0.39, 0.29) is 17.9 Å². The first-order valence-corrected chi connectivity index (χ1v) is 9.89. The number of rotatable bonds is 6. The summed E-state index contributed by atoms with van der Waals surface area (Å²) in [7, 11) is 0. The Kier molecular flexibility index (Phi) is 5.66. The molecule has 28 heavy (non-hydrogen) atoms. The molecule has 0 radical (unpaired) electrons. The highest BCUT2D eigenvalue weighted by Gasteiger charge is 2.28. The lowest BCUT2D eigenvalue weighted by Gasteiger charge is -2.17. The molecular weight excluding hydrogens is 358 g/mol. The maximum atomic E-state index is 12.7. The monoisotopic (exact) mass is 383 g/mol. The van der Waals surface area contributed by atoms with Crippen LogP contribution in [0.1, 0.15) is 58.2 Å². The lowest BCUT2D eigenvalue weighted by Crippen LogP contribution is -2.34. The topological polar surface area (TPSA) is 98.1 Å². The fourth-order valence-electron chi connectivity index (χ4n) is 3.75. The molecule has 2 amide bonds. The molecule has 1 unspecified atom stereocenters. The van der Waals surface area contributed by atoms with Crippen molar-refractivity contribution in [2.45, 2.75) is 51.3 Å². The minimum atomic E-state index is -0.269. The van der Waals surface area contributed by atoms with Gasteiger partial charge in [-0.2, -0.15) is 0 Å². The van der Waals surface area contributed by atoms with E-state index in [1.807, 2.05) is 22.8 Å². The first-order valence-electron chi connectivity index (χ1n) is 9.89. The van der Waals surface area contributed by atoms with E-state index in [4.69, 9.17) is 4.74 Å². The summed E-state index contributed by atoms with van der Waals surface area (Å²) in [5, 5.41) is 5.78. The Bertz CT molecular complexity index is 843. The van der Waals surface area contributed by atoms with Crippen LogP contribution in [0.25, 0.3) is 0 Å². The van der Waals surface area contributed by atoms with Crippen molar-refractivity contribution in [1.82, 2.24) is 25.2 Å². The number of imidazole rings is 1. The normalized spacial score (nSPS) is 18.5. The molecule has 2 aromatic heterocycles. The zero-order valence-corrected chi connectivity index (χ0v) is 15.8. The third-order valence-electron chi connectivity index (χ3n) is 5.21. The molecule has 0 saturated carbocycles. The Hall–Kier alpha value is -2.74. The van der Waals surface area contributed by atoms with Crippen LogP contribution in [-0.4, -0.2) is 45.6 Å². The summed E-state index contributed by atoms with van der Waals surface area (Å²) in [4.78, 5) is 34.1. The van der Waals surface area contributed by atoms with Crippen molar-refractivity contribution in [3.8, 4) is 0 Å². The minimum absolute atomic E-state index is 0.0703. The number of fused-ring (bicyclic) bond motifs is 1. The molecule has 2 aromatic rings. The van der Waals surface area contributed by atoms with Crippen molar-refractivity contribution in [3.63, 3.8) is 0 Å². The van der Waals surface area contributed by atoms with Crippen LogP contribution in [0.5, 0.6) is 0 Å². The van der Waals surface area contributed by atoms with Crippen LogP contribution >= 0.6 is 0 Å². The summed E-state index contributed by atoms with van der Waals surface area (Å²) in [5.74, 6) is -0.201. The van der Waals surface area contributed by atoms with E-state index in [2.05, 4.69) is 20.6 Å². The molecule has 0 spiro atoms. The van der Waals surface area contributed by atoms with Gasteiger partial charge < -0.3 is 19.9 Å². The average molecular weight is 383 g/mol. The summed E-state index contributed by atoms with van der Waals surface area (Å²) in [6, 6.07) is 5.56. The number of aromatic nitrogens is 3. The van der Waals surface area contributed by atoms with Gasteiger partial charge in [-0.15, -0.1) is 0 Å². The lowest BCUT2D eigenvalue weighted by atomic mass is 10.1. The molecule has 0 bridgehead atoms. The Labute approximate surface area is 163 Å². The summed E-state index contributed by atoms with van der Waals surface area (Å²) in [6.45, 7) is 2.26. The molecule has 1 atom stereocenters. The third kappa shape index (κ3) is 4.06. The van der Waals surface area contributed by atoms with Gasteiger partial charge in [-0.1, -0.05) is 6.07 Å². The van der Waals surface area contributed by atoms with Crippen molar-refractivity contribution >= 4 is 11.8 Å². The van der Waals surface area contributed by atoms with Crippen LogP contribution in [0, 0.1) is 0 Å². The fourth-order valence-corrected chi connectivity index (χ4v) is 3.75. The SMILES string of the molecule is O=C(NCc1ccccn1)c1nc(C(=O)NCC2CCCO2)n2c1CCCC2. The maximum Gasteiger partial charge on any atom is 0.287 e. The number of amides is 2. The molecule has 0 aromatic carbocycles.